The molecule has 0 amide bonds. The van der Waals surface area contributed by atoms with Crippen molar-refractivity contribution in [3.8, 4) is 0 Å². The summed E-state index contributed by atoms with van der Waals surface area (Å²) in [5.41, 5.74) is -0.0897. The van der Waals surface area contributed by atoms with E-state index in [9.17, 15) is 14.7 Å². The van der Waals surface area contributed by atoms with Crippen LogP contribution in [0.2, 0.25) is 0 Å². The van der Waals surface area contributed by atoms with Crippen molar-refractivity contribution in [2.24, 2.45) is 0 Å². The maximum Gasteiger partial charge on any atom is 0.262 e. The number of carbonyl (C=O) groups is 1. The minimum Gasteiger partial charge on any atom is -0.549 e. The molecule has 0 aliphatic carbocycles. The highest BCUT2D eigenvalue weighted by atomic mass is 32.2. The van der Waals surface area contributed by atoms with Gasteiger partial charge in [0, 0.05) is 5.25 Å². The molecule has 8 nitrogen and oxygen atoms in total. The van der Waals surface area contributed by atoms with Gasteiger partial charge in [-0.15, -0.1) is 0 Å². The first kappa shape index (κ1) is 13.6. The molecule has 102 valence electrons. The zero-order chi connectivity index (χ0) is 14.0. The van der Waals surface area contributed by atoms with Crippen molar-refractivity contribution < 1.29 is 15.0 Å². The summed E-state index contributed by atoms with van der Waals surface area (Å²) in [7, 11) is 0. The van der Waals surface area contributed by atoms with Crippen molar-refractivity contribution in [3.63, 3.8) is 0 Å². The van der Waals surface area contributed by atoms with Crippen LogP contribution in [0, 0.1) is 0 Å². The first-order chi connectivity index (χ1) is 9.02. The molecule has 2 aromatic rings. The Morgan fingerprint density at radius 2 is 2.42 bits per heavy atom. The molecule has 19 heavy (non-hydrogen) atoms. The lowest BCUT2D eigenvalue weighted by Crippen LogP contribution is -2.31. The van der Waals surface area contributed by atoms with Crippen LogP contribution in [0.5, 0.6) is 0 Å². The first-order valence-electron chi connectivity index (χ1n) is 5.47. The highest BCUT2D eigenvalue weighted by Crippen LogP contribution is 2.19. The third kappa shape index (κ3) is 2.76. The molecular formula is C10H11N4O4S-. The van der Waals surface area contributed by atoms with Crippen LogP contribution >= 0.6 is 11.8 Å². The van der Waals surface area contributed by atoms with Gasteiger partial charge < -0.3 is 20.0 Å². The number of nitrogens with zero attached hydrogens (tertiary/aromatic N) is 3. The number of carboxylic acid groups (broad SMARTS) is 1. The van der Waals surface area contributed by atoms with Crippen LogP contribution in [0.3, 0.4) is 0 Å². The molecule has 0 fully saturated rings. The van der Waals surface area contributed by atoms with E-state index in [4.69, 9.17) is 5.11 Å². The average molecular weight is 283 g/mol. The predicted octanol–water partition coefficient (Wildman–Crippen LogP) is -1.66. The topological polar surface area (TPSA) is 124 Å². The molecule has 0 aromatic carbocycles. The van der Waals surface area contributed by atoms with Gasteiger partial charge >= 0.3 is 0 Å². The van der Waals surface area contributed by atoms with E-state index in [1.807, 2.05) is 0 Å². The third-order valence-corrected chi connectivity index (χ3v) is 3.38. The maximum atomic E-state index is 11.8. The third-order valence-electron chi connectivity index (χ3n) is 2.42. The highest BCUT2D eigenvalue weighted by Gasteiger charge is 2.12. The number of aliphatic hydroxyl groups excluding tert-OH is 1. The Hall–Kier alpha value is -1.87. The van der Waals surface area contributed by atoms with Gasteiger partial charge in [0.15, 0.2) is 10.8 Å². The number of fused-ring (bicyclic) bond motifs is 1. The van der Waals surface area contributed by atoms with Crippen molar-refractivity contribution in [1.29, 1.82) is 0 Å². The summed E-state index contributed by atoms with van der Waals surface area (Å²) >= 11 is 0.879. The van der Waals surface area contributed by atoms with E-state index in [1.165, 1.54) is 17.8 Å². The van der Waals surface area contributed by atoms with E-state index in [1.54, 1.807) is 0 Å². The molecule has 2 heterocycles. The van der Waals surface area contributed by atoms with Gasteiger partial charge in [0.05, 0.1) is 25.3 Å². The van der Waals surface area contributed by atoms with Crippen molar-refractivity contribution >= 4 is 28.8 Å². The lowest BCUT2D eigenvalue weighted by molar-refractivity contribution is -0.304. The van der Waals surface area contributed by atoms with Crippen molar-refractivity contribution in [3.05, 3.63) is 16.6 Å². The molecule has 0 saturated carbocycles. The van der Waals surface area contributed by atoms with E-state index >= 15 is 0 Å². The highest BCUT2D eigenvalue weighted by molar-refractivity contribution is 8.00. The number of carbonyl (C=O) groups excluding carboxylic acids is 1. The van der Waals surface area contributed by atoms with Gasteiger partial charge in [0.1, 0.15) is 5.39 Å². The van der Waals surface area contributed by atoms with Gasteiger partial charge in [-0.25, -0.2) is 9.67 Å². The monoisotopic (exact) mass is 283 g/mol. The summed E-state index contributed by atoms with van der Waals surface area (Å²) in [6, 6.07) is 0. The molecule has 1 atom stereocenters. The number of H-pyrrole nitrogens is 1. The fourth-order valence-corrected chi connectivity index (χ4v) is 2.20. The number of aliphatic carboxylic acids is 1. The summed E-state index contributed by atoms with van der Waals surface area (Å²) in [4.78, 5) is 29.1. The molecule has 0 saturated heterocycles. The molecule has 0 aliphatic heterocycles. The number of thioether (sulfide) groups is 1. The fraction of sp³-hybridized carbons (Fsp3) is 0.400. The molecule has 2 N–H and O–H groups in total. The van der Waals surface area contributed by atoms with E-state index in [0.29, 0.717) is 11.0 Å². The second kappa shape index (κ2) is 5.41. The SMILES string of the molecule is C[C@H](Sc1nc2c(cnn2CCO)c(=O)[nH]1)C(=O)[O-]. The predicted molar refractivity (Wildman–Crippen MR) is 65.6 cm³/mol. The normalized spacial score (nSPS) is 12.7. The second-order valence-electron chi connectivity index (χ2n) is 3.78. The molecule has 0 spiro atoms. The van der Waals surface area contributed by atoms with E-state index < -0.39 is 16.8 Å². The van der Waals surface area contributed by atoms with Gasteiger partial charge in [-0.05, 0) is 6.92 Å². The number of aliphatic hydroxyl groups is 1. The number of hydrogen-bond acceptors (Lipinski definition) is 7. The Morgan fingerprint density at radius 1 is 1.68 bits per heavy atom. The second-order valence-corrected chi connectivity index (χ2v) is 5.11. The van der Waals surface area contributed by atoms with Crippen LogP contribution < -0.4 is 10.7 Å². The number of carboxylic acids is 1. The molecule has 0 radical (unpaired) electrons. The number of nitrogens with one attached hydrogen (secondary N) is 1. The van der Waals surface area contributed by atoms with Crippen LogP contribution in [-0.2, 0) is 11.3 Å². The zero-order valence-corrected chi connectivity index (χ0v) is 10.8. The van der Waals surface area contributed by atoms with Crippen LogP contribution in [0.25, 0.3) is 11.0 Å². The molecule has 0 aliphatic rings. The summed E-state index contributed by atoms with van der Waals surface area (Å²) in [6.07, 6.45) is 1.35. The number of aromatic nitrogens is 4. The Morgan fingerprint density at radius 3 is 3.05 bits per heavy atom. The standard InChI is InChI=1S/C10H12N4O4S/c1-5(9(17)18)19-10-12-7-6(8(16)13-10)4-11-14(7)2-3-15/h4-5,15H,2-3H2,1H3,(H,17,18)(H,12,13,16)/p-1/t5-/m0/s1. The van der Waals surface area contributed by atoms with Gasteiger partial charge in [0.2, 0.25) is 0 Å². The van der Waals surface area contributed by atoms with Crippen LogP contribution in [-0.4, -0.2) is 42.7 Å². The fourth-order valence-electron chi connectivity index (χ4n) is 1.48. The quantitative estimate of drug-likeness (QED) is 0.497. The lowest BCUT2D eigenvalue weighted by Gasteiger charge is -2.10. The summed E-state index contributed by atoms with van der Waals surface area (Å²) in [6.45, 7) is 1.51. The maximum absolute atomic E-state index is 11.8. The first-order valence-corrected chi connectivity index (χ1v) is 6.35. The van der Waals surface area contributed by atoms with Gasteiger partial charge in [-0.2, -0.15) is 5.10 Å². The van der Waals surface area contributed by atoms with Crippen molar-refractivity contribution in [2.75, 3.05) is 6.61 Å². The van der Waals surface area contributed by atoms with Crippen LogP contribution in [0.15, 0.2) is 16.1 Å². The smallest absolute Gasteiger partial charge is 0.262 e. The Bertz CT molecular complexity index is 665. The lowest BCUT2D eigenvalue weighted by atomic mass is 10.4. The Labute approximate surface area is 111 Å². The number of rotatable bonds is 5. The average Bonchev–Trinajstić information content (AvgIpc) is 2.73. The minimum absolute atomic E-state index is 0.136. The van der Waals surface area contributed by atoms with Gasteiger partial charge in [-0.3, -0.25) is 4.79 Å². The number of hydrogen-bond donors (Lipinski definition) is 2. The molecule has 0 bridgehead atoms. The van der Waals surface area contributed by atoms with E-state index in [0.717, 1.165) is 11.8 Å². The van der Waals surface area contributed by atoms with Crippen LogP contribution in [0.1, 0.15) is 6.92 Å². The van der Waals surface area contributed by atoms with E-state index in [2.05, 4.69) is 15.1 Å². The molecule has 2 aromatic heterocycles. The summed E-state index contributed by atoms with van der Waals surface area (Å²) in [5, 5.41) is 23.1. The molecule has 0 unspecified atom stereocenters. The minimum atomic E-state index is -1.24. The van der Waals surface area contributed by atoms with Crippen LogP contribution in [0.4, 0.5) is 0 Å². The zero-order valence-electron chi connectivity index (χ0n) is 9.99. The Balaban J connectivity index is 2.44. The molecule has 2 rings (SSSR count). The summed E-state index contributed by atoms with van der Waals surface area (Å²) < 4.78 is 1.39. The molecule has 9 heteroatoms. The van der Waals surface area contributed by atoms with Crippen molar-refractivity contribution in [2.45, 2.75) is 23.9 Å². The number of aromatic amines is 1. The van der Waals surface area contributed by atoms with Crippen molar-refractivity contribution in [1.82, 2.24) is 19.7 Å². The van der Waals surface area contributed by atoms with Gasteiger partial charge in [-0.1, -0.05) is 11.8 Å². The van der Waals surface area contributed by atoms with Gasteiger partial charge in [0.25, 0.3) is 5.56 Å². The van der Waals surface area contributed by atoms with E-state index in [-0.39, 0.29) is 18.3 Å². The largest absolute Gasteiger partial charge is 0.549 e. The molecular weight excluding hydrogens is 272 g/mol. The summed E-state index contributed by atoms with van der Waals surface area (Å²) in [5.74, 6) is -1.24. The Kier molecular flexibility index (Phi) is 3.86.